The van der Waals surface area contributed by atoms with Gasteiger partial charge >= 0.3 is 5.97 Å². The van der Waals surface area contributed by atoms with Gasteiger partial charge in [0.25, 0.3) is 5.91 Å². The molecule has 0 saturated carbocycles. The number of aryl methyl sites for hydroxylation is 1. The van der Waals surface area contributed by atoms with E-state index in [0.29, 0.717) is 17.3 Å². The fourth-order valence-electron chi connectivity index (χ4n) is 1.41. The second kappa shape index (κ2) is 7.03. The number of carboxylic acids is 1. The molecule has 2 N–H and O–H groups in total. The zero-order chi connectivity index (χ0) is 13.5. The van der Waals surface area contributed by atoms with Gasteiger partial charge < -0.3 is 19.7 Å². The number of hydrogen-bond acceptors (Lipinski definition) is 3. The van der Waals surface area contributed by atoms with Gasteiger partial charge in [-0.05, 0) is 13.0 Å². The molecule has 0 aromatic carbocycles. The lowest BCUT2D eigenvalue weighted by molar-refractivity contribution is -0.142. The van der Waals surface area contributed by atoms with Gasteiger partial charge in [0.15, 0.2) is 0 Å². The Kier molecular flexibility index (Phi) is 5.67. The summed E-state index contributed by atoms with van der Waals surface area (Å²) in [6.45, 7) is 2.58. The third-order valence-corrected chi connectivity index (χ3v) is 2.40. The third kappa shape index (κ3) is 4.38. The largest absolute Gasteiger partial charge is 0.480 e. The molecule has 1 rings (SSSR count). The molecule has 18 heavy (non-hydrogen) atoms. The van der Waals surface area contributed by atoms with Gasteiger partial charge in [-0.2, -0.15) is 0 Å². The van der Waals surface area contributed by atoms with Crippen molar-refractivity contribution >= 4 is 23.5 Å². The molecule has 6 nitrogen and oxygen atoms in total. The second-order valence-electron chi connectivity index (χ2n) is 3.53. The van der Waals surface area contributed by atoms with Crippen molar-refractivity contribution in [3.8, 4) is 0 Å². The van der Waals surface area contributed by atoms with Crippen LogP contribution in [0.1, 0.15) is 17.4 Å². The Morgan fingerprint density at radius 2 is 2.28 bits per heavy atom. The second-order valence-corrected chi connectivity index (χ2v) is 3.97. The first-order valence-electron chi connectivity index (χ1n) is 5.48. The van der Waals surface area contributed by atoms with Crippen LogP contribution >= 0.6 is 11.6 Å². The molecule has 0 aliphatic carbocycles. The average molecular weight is 275 g/mol. The molecular weight excluding hydrogens is 260 g/mol. The van der Waals surface area contributed by atoms with Crippen LogP contribution in [-0.2, 0) is 16.1 Å². The Labute approximate surface area is 109 Å². The van der Waals surface area contributed by atoms with Crippen LogP contribution in [0.2, 0.25) is 5.02 Å². The molecule has 1 aromatic heterocycles. The van der Waals surface area contributed by atoms with E-state index in [2.05, 4.69) is 5.32 Å². The van der Waals surface area contributed by atoms with E-state index in [1.54, 1.807) is 16.8 Å². The smallest absolute Gasteiger partial charge is 0.329 e. The minimum absolute atomic E-state index is 0.151. The lowest BCUT2D eigenvalue weighted by Gasteiger charge is -2.07. The van der Waals surface area contributed by atoms with Crippen LogP contribution in [0.15, 0.2) is 12.3 Å². The Bertz CT molecular complexity index is 431. The van der Waals surface area contributed by atoms with Crippen LogP contribution in [-0.4, -0.2) is 41.3 Å². The maximum absolute atomic E-state index is 11.8. The molecule has 100 valence electrons. The molecule has 0 bridgehead atoms. The molecule has 0 unspecified atom stereocenters. The van der Waals surface area contributed by atoms with Crippen molar-refractivity contribution < 1.29 is 19.4 Å². The van der Waals surface area contributed by atoms with Gasteiger partial charge in [0.1, 0.15) is 12.3 Å². The minimum atomic E-state index is -1.03. The normalized spacial score (nSPS) is 10.3. The summed E-state index contributed by atoms with van der Waals surface area (Å²) in [5, 5.41) is 11.5. The van der Waals surface area contributed by atoms with Crippen molar-refractivity contribution in [2.45, 2.75) is 13.5 Å². The van der Waals surface area contributed by atoms with E-state index in [9.17, 15) is 9.59 Å². The van der Waals surface area contributed by atoms with Crippen molar-refractivity contribution in [1.82, 2.24) is 9.88 Å². The van der Waals surface area contributed by atoms with Crippen molar-refractivity contribution in [2.24, 2.45) is 0 Å². The van der Waals surface area contributed by atoms with Gasteiger partial charge in [-0.15, -0.1) is 0 Å². The van der Waals surface area contributed by atoms with Crippen molar-refractivity contribution in [1.29, 1.82) is 0 Å². The van der Waals surface area contributed by atoms with Crippen molar-refractivity contribution in [3.63, 3.8) is 0 Å². The molecule has 0 radical (unpaired) electrons. The number of ether oxygens (including phenoxy) is 1. The quantitative estimate of drug-likeness (QED) is 0.727. The zero-order valence-electron chi connectivity index (χ0n) is 9.98. The number of rotatable bonds is 7. The summed E-state index contributed by atoms with van der Waals surface area (Å²) in [4.78, 5) is 21.9. The summed E-state index contributed by atoms with van der Waals surface area (Å²) < 4.78 is 6.53. The highest BCUT2D eigenvalue weighted by atomic mass is 35.5. The van der Waals surface area contributed by atoms with E-state index >= 15 is 0 Å². The van der Waals surface area contributed by atoms with E-state index < -0.39 is 5.97 Å². The molecule has 0 fully saturated rings. The molecule has 0 spiro atoms. The van der Waals surface area contributed by atoms with E-state index in [4.69, 9.17) is 21.4 Å². The number of halogens is 1. The molecule has 0 saturated heterocycles. The van der Waals surface area contributed by atoms with Gasteiger partial charge in [-0.25, -0.2) is 4.79 Å². The number of carboxylic acid groups (broad SMARTS) is 1. The van der Waals surface area contributed by atoms with Gasteiger partial charge in [-0.1, -0.05) is 11.6 Å². The minimum Gasteiger partial charge on any atom is -0.480 e. The Morgan fingerprint density at radius 1 is 1.56 bits per heavy atom. The Morgan fingerprint density at radius 3 is 2.89 bits per heavy atom. The molecule has 0 aliphatic rings. The summed E-state index contributed by atoms with van der Waals surface area (Å²) in [7, 11) is 0. The lowest BCUT2D eigenvalue weighted by atomic mass is 10.4. The summed E-state index contributed by atoms with van der Waals surface area (Å²) in [5.74, 6) is -1.30. The topological polar surface area (TPSA) is 80.6 Å². The number of amides is 1. The van der Waals surface area contributed by atoms with E-state index in [1.807, 2.05) is 6.92 Å². The number of aromatic nitrogens is 1. The number of nitrogens with zero attached hydrogens (tertiary/aromatic N) is 1. The van der Waals surface area contributed by atoms with Crippen LogP contribution in [0.5, 0.6) is 0 Å². The maximum atomic E-state index is 11.8. The highest BCUT2D eigenvalue weighted by Gasteiger charge is 2.11. The molecule has 7 heteroatoms. The predicted octanol–water partition coefficient (Wildman–Crippen LogP) is 0.992. The molecule has 1 amide bonds. The Hall–Kier alpha value is -1.53. The third-order valence-electron chi connectivity index (χ3n) is 2.19. The first-order valence-corrected chi connectivity index (χ1v) is 5.85. The van der Waals surface area contributed by atoms with Gasteiger partial charge in [0.05, 0.1) is 11.6 Å². The molecule has 0 aliphatic heterocycles. The SMILES string of the molecule is CCn1cc(Cl)cc1C(=O)NCCOCC(=O)O. The fourth-order valence-corrected chi connectivity index (χ4v) is 1.63. The number of hydrogen-bond donors (Lipinski definition) is 2. The molecular formula is C11H15ClN2O4. The first-order chi connectivity index (χ1) is 8.54. The highest BCUT2D eigenvalue weighted by molar-refractivity contribution is 6.31. The van der Waals surface area contributed by atoms with E-state index in [0.717, 1.165) is 0 Å². The number of carbonyl (C=O) groups excluding carboxylic acids is 1. The van der Waals surface area contributed by atoms with E-state index in [-0.39, 0.29) is 25.7 Å². The predicted molar refractivity (Wildman–Crippen MR) is 65.9 cm³/mol. The summed E-state index contributed by atoms with van der Waals surface area (Å²) in [6, 6.07) is 1.58. The average Bonchev–Trinajstić information content (AvgIpc) is 2.69. The summed E-state index contributed by atoms with van der Waals surface area (Å²) in [6.07, 6.45) is 1.68. The number of aliphatic carboxylic acids is 1. The highest BCUT2D eigenvalue weighted by Crippen LogP contribution is 2.13. The van der Waals surface area contributed by atoms with Crippen LogP contribution in [0.25, 0.3) is 0 Å². The lowest BCUT2D eigenvalue weighted by Crippen LogP contribution is -2.29. The molecule has 0 atom stereocenters. The van der Waals surface area contributed by atoms with E-state index in [1.165, 1.54) is 0 Å². The van der Waals surface area contributed by atoms with Gasteiger partial charge in [0.2, 0.25) is 0 Å². The molecule has 1 aromatic rings. The maximum Gasteiger partial charge on any atom is 0.329 e. The van der Waals surface area contributed by atoms with Gasteiger partial charge in [0, 0.05) is 19.3 Å². The summed E-state index contributed by atoms with van der Waals surface area (Å²) >= 11 is 5.82. The van der Waals surface area contributed by atoms with Crippen LogP contribution in [0.3, 0.4) is 0 Å². The zero-order valence-corrected chi connectivity index (χ0v) is 10.7. The number of carbonyl (C=O) groups is 2. The standard InChI is InChI=1S/C11H15ClN2O4/c1-2-14-6-8(12)5-9(14)11(17)13-3-4-18-7-10(15)16/h5-6H,2-4,7H2,1H3,(H,13,17)(H,15,16). The summed E-state index contributed by atoms with van der Waals surface area (Å²) in [5.41, 5.74) is 0.473. The number of nitrogens with one attached hydrogen (secondary N) is 1. The monoisotopic (exact) mass is 274 g/mol. The van der Waals surface area contributed by atoms with Crippen LogP contribution in [0, 0.1) is 0 Å². The molecule has 1 heterocycles. The first kappa shape index (κ1) is 14.5. The Balaban J connectivity index is 2.38. The van der Waals surface area contributed by atoms with Crippen LogP contribution < -0.4 is 5.32 Å². The van der Waals surface area contributed by atoms with Gasteiger partial charge in [-0.3, -0.25) is 4.79 Å². The van der Waals surface area contributed by atoms with Crippen LogP contribution in [0.4, 0.5) is 0 Å². The van der Waals surface area contributed by atoms with Crippen molar-refractivity contribution in [2.75, 3.05) is 19.8 Å². The fraction of sp³-hybridized carbons (Fsp3) is 0.455. The van der Waals surface area contributed by atoms with Crippen molar-refractivity contribution in [3.05, 3.63) is 23.0 Å².